The molecule has 37 heavy (non-hydrogen) atoms. The summed E-state index contributed by atoms with van der Waals surface area (Å²) in [7, 11) is 0. The van der Waals surface area contributed by atoms with Crippen molar-refractivity contribution in [2.75, 3.05) is 5.32 Å². The predicted molar refractivity (Wildman–Crippen MR) is 149 cm³/mol. The number of para-hydroxylation sites is 2. The highest BCUT2D eigenvalue weighted by Gasteiger charge is 2.21. The molecule has 1 unspecified atom stereocenters. The van der Waals surface area contributed by atoms with Crippen LogP contribution in [0, 0.1) is 0 Å². The van der Waals surface area contributed by atoms with Gasteiger partial charge in [-0.15, -0.1) is 10.2 Å². The average Bonchev–Trinajstić information content (AvgIpc) is 3.52. The van der Waals surface area contributed by atoms with Crippen molar-refractivity contribution < 1.29 is 4.79 Å². The number of H-pyrrole nitrogens is 1. The smallest absolute Gasteiger partial charge is 0.253 e. The number of hydrogen-bond donors (Lipinski definition) is 3. The maximum atomic E-state index is 12.8. The number of hydrogen-bond acceptors (Lipinski definition) is 6. The van der Waals surface area contributed by atoms with Gasteiger partial charge in [0.1, 0.15) is 0 Å². The Balaban J connectivity index is 1.29. The maximum absolute atomic E-state index is 12.8. The number of nitrogens with one attached hydrogen (secondary N) is 3. The highest BCUT2D eigenvalue weighted by molar-refractivity contribution is 8.00. The number of halogens is 1. The molecule has 8 nitrogen and oxygen atoms in total. The summed E-state index contributed by atoms with van der Waals surface area (Å²) in [5.74, 6) is 0.484. The summed E-state index contributed by atoms with van der Waals surface area (Å²) in [6, 6.07) is 25.2. The van der Waals surface area contributed by atoms with Crippen LogP contribution in [0.1, 0.15) is 18.3 Å². The fourth-order valence-electron chi connectivity index (χ4n) is 3.75. The molecule has 0 fully saturated rings. The number of carbonyl (C=O) groups excluding carboxylic acids is 1. The van der Waals surface area contributed by atoms with Gasteiger partial charge in [0.05, 0.1) is 18.0 Å². The Morgan fingerprint density at radius 1 is 1.08 bits per heavy atom. The van der Waals surface area contributed by atoms with E-state index in [1.807, 2.05) is 96.6 Å². The summed E-state index contributed by atoms with van der Waals surface area (Å²) < 4.78 is 1.95. The maximum Gasteiger partial charge on any atom is 0.253 e. The molecule has 2 heterocycles. The zero-order chi connectivity index (χ0) is 25.6. The Bertz CT molecular complexity index is 1530. The van der Waals surface area contributed by atoms with Gasteiger partial charge in [-0.1, -0.05) is 59.8 Å². The minimum atomic E-state index is -0.455. The van der Waals surface area contributed by atoms with Crippen molar-refractivity contribution in [1.82, 2.24) is 25.2 Å². The first kappa shape index (κ1) is 24.6. The second-order valence-electron chi connectivity index (χ2n) is 8.21. The van der Waals surface area contributed by atoms with Gasteiger partial charge in [-0.05, 0) is 49.4 Å². The Kier molecular flexibility index (Phi) is 7.53. The van der Waals surface area contributed by atoms with Crippen LogP contribution in [0.25, 0.3) is 16.6 Å². The second-order valence-corrected chi connectivity index (χ2v) is 9.96. The van der Waals surface area contributed by atoms with Crippen molar-refractivity contribution in [3.8, 4) is 5.69 Å². The van der Waals surface area contributed by atoms with Gasteiger partial charge in [0.25, 0.3) is 5.91 Å². The first-order valence-corrected chi connectivity index (χ1v) is 12.9. The third-order valence-electron chi connectivity index (χ3n) is 5.66. The molecule has 0 radical (unpaired) electrons. The lowest BCUT2D eigenvalue weighted by Gasteiger charge is -2.13. The molecule has 0 spiro atoms. The minimum absolute atomic E-state index is 0.232. The summed E-state index contributed by atoms with van der Waals surface area (Å²) >= 11 is 7.31. The van der Waals surface area contributed by atoms with E-state index in [9.17, 15) is 4.79 Å². The van der Waals surface area contributed by atoms with Gasteiger partial charge < -0.3 is 10.3 Å². The van der Waals surface area contributed by atoms with Crippen LogP contribution in [0.2, 0.25) is 5.02 Å². The number of aromatic amines is 1. The number of thioether (sulfide) groups is 1. The molecule has 186 valence electrons. The van der Waals surface area contributed by atoms with Gasteiger partial charge in [0.15, 0.2) is 11.0 Å². The molecule has 3 aromatic carbocycles. The lowest BCUT2D eigenvalue weighted by atomic mass is 10.2. The molecule has 0 aliphatic rings. The molecule has 5 rings (SSSR count). The van der Waals surface area contributed by atoms with Crippen LogP contribution >= 0.6 is 23.4 Å². The van der Waals surface area contributed by atoms with E-state index in [2.05, 4.69) is 31.0 Å². The molecule has 0 aliphatic carbocycles. The van der Waals surface area contributed by atoms with E-state index in [4.69, 9.17) is 11.6 Å². The van der Waals surface area contributed by atoms with E-state index in [1.165, 1.54) is 11.8 Å². The third-order valence-corrected chi connectivity index (χ3v) is 6.96. The zero-order valence-electron chi connectivity index (χ0n) is 19.9. The van der Waals surface area contributed by atoms with Gasteiger partial charge in [0, 0.05) is 39.1 Å². The molecular weight excluding hydrogens is 506 g/mol. The van der Waals surface area contributed by atoms with E-state index in [-0.39, 0.29) is 5.91 Å². The van der Waals surface area contributed by atoms with Gasteiger partial charge in [-0.3, -0.25) is 9.36 Å². The predicted octanol–water partition coefficient (Wildman–Crippen LogP) is 5.65. The van der Waals surface area contributed by atoms with Crippen LogP contribution in [0.3, 0.4) is 0 Å². The average molecular weight is 530 g/mol. The number of fused-ring (bicyclic) bond motifs is 1. The summed E-state index contributed by atoms with van der Waals surface area (Å²) in [5.41, 5.74) is 6.38. The van der Waals surface area contributed by atoms with Crippen LogP contribution < -0.4 is 10.7 Å². The summed E-state index contributed by atoms with van der Waals surface area (Å²) in [6.07, 6.45) is 3.50. The minimum Gasteiger partial charge on any atom is -0.378 e. The van der Waals surface area contributed by atoms with Crippen molar-refractivity contribution in [2.24, 2.45) is 5.10 Å². The van der Waals surface area contributed by atoms with E-state index in [0.717, 1.165) is 27.8 Å². The number of anilines is 1. The van der Waals surface area contributed by atoms with Gasteiger partial charge in [0.2, 0.25) is 0 Å². The van der Waals surface area contributed by atoms with Gasteiger partial charge in [-0.2, -0.15) is 5.10 Å². The largest absolute Gasteiger partial charge is 0.378 e. The molecule has 1 atom stereocenters. The Labute approximate surface area is 223 Å². The molecule has 5 aromatic rings. The number of nitrogens with zero attached hydrogens (tertiary/aromatic N) is 4. The number of carbonyl (C=O) groups is 1. The van der Waals surface area contributed by atoms with Crippen molar-refractivity contribution in [3.63, 3.8) is 0 Å². The van der Waals surface area contributed by atoms with Crippen LogP contribution in [0.15, 0.2) is 95.3 Å². The van der Waals surface area contributed by atoms with E-state index < -0.39 is 5.25 Å². The molecule has 2 aromatic heterocycles. The van der Waals surface area contributed by atoms with E-state index in [1.54, 1.807) is 6.21 Å². The van der Waals surface area contributed by atoms with Crippen molar-refractivity contribution in [2.45, 2.75) is 23.9 Å². The first-order valence-electron chi connectivity index (χ1n) is 11.6. The van der Waals surface area contributed by atoms with Crippen molar-refractivity contribution in [3.05, 3.63) is 101 Å². The Hall–Kier alpha value is -4.08. The Morgan fingerprint density at radius 2 is 1.84 bits per heavy atom. The fourth-order valence-corrected chi connectivity index (χ4v) is 4.75. The number of benzene rings is 3. The molecule has 3 N–H and O–H groups in total. The molecule has 0 bridgehead atoms. The molecule has 0 aliphatic heterocycles. The lowest BCUT2D eigenvalue weighted by molar-refractivity contribution is -0.120. The highest BCUT2D eigenvalue weighted by Crippen LogP contribution is 2.26. The van der Waals surface area contributed by atoms with Crippen LogP contribution in [0.5, 0.6) is 0 Å². The lowest BCUT2D eigenvalue weighted by Crippen LogP contribution is -2.27. The molecule has 1 amide bonds. The van der Waals surface area contributed by atoms with Crippen molar-refractivity contribution in [1.29, 1.82) is 0 Å². The second kappa shape index (κ2) is 11.3. The summed E-state index contributed by atoms with van der Waals surface area (Å²) in [4.78, 5) is 16.0. The summed E-state index contributed by atoms with van der Waals surface area (Å²) in [6.45, 7) is 2.26. The molecule has 0 saturated heterocycles. The fraction of sp³-hybridized carbons (Fsp3) is 0.111. The SMILES string of the molecule is CC(Sc1nnc(CNc2ccc(Cl)cc2)n1-c1ccccc1)C(=O)N/N=C\c1c[nH]c2ccccc12. The number of rotatable bonds is 9. The van der Waals surface area contributed by atoms with E-state index >= 15 is 0 Å². The van der Waals surface area contributed by atoms with E-state index in [0.29, 0.717) is 22.5 Å². The van der Waals surface area contributed by atoms with Crippen LogP contribution in [0.4, 0.5) is 5.69 Å². The highest BCUT2D eigenvalue weighted by atomic mass is 35.5. The molecule has 0 saturated carbocycles. The summed E-state index contributed by atoms with van der Waals surface area (Å²) in [5, 5.41) is 18.2. The monoisotopic (exact) mass is 529 g/mol. The number of amides is 1. The first-order chi connectivity index (χ1) is 18.1. The quantitative estimate of drug-likeness (QED) is 0.130. The van der Waals surface area contributed by atoms with Crippen LogP contribution in [-0.2, 0) is 11.3 Å². The molecular formula is C27H24ClN7OS. The number of hydrazone groups is 1. The van der Waals surface area contributed by atoms with Gasteiger partial charge in [-0.25, -0.2) is 5.43 Å². The van der Waals surface area contributed by atoms with Crippen LogP contribution in [-0.4, -0.2) is 37.1 Å². The van der Waals surface area contributed by atoms with Gasteiger partial charge >= 0.3 is 0 Å². The number of aromatic nitrogens is 4. The molecule has 10 heteroatoms. The normalized spacial score (nSPS) is 12.2. The third kappa shape index (κ3) is 5.84. The zero-order valence-corrected chi connectivity index (χ0v) is 21.5. The Morgan fingerprint density at radius 3 is 2.65 bits per heavy atom. The van der Waals surface area contributed by atoms with Crippen molar-refractivity contribution >= 4 is 52.1 Å². The standard InChI is InChI=1S/C27H24ClN7OS/c1-18(26(36)33-31-16-19-15-30-24-10-6-5-9-23(19)24)37-27-34-32-25(35(27)22-7-3-2-4-8-22)17-29-21-13-11-20(28)12-14-21/h2-16,18,29-30H,17H2,1H3,(H,33,36)/b31-16-. The topological polar surface area (TPSA) is 100.0 Å².